The Morgan fingerprint density at radius 2 is 2.25 bits per heavy atom. The molecule has 0 spiro atoms. The van der Waals surface area contributed by atoms with Gasteiger partial charge >= 0.3 is 0 Å². The molecule has 1 atom stereocenters. The fraction of sp³-hybridized carbons (Fsp3) is 0.250. The summed E-state index contributed by atoms with van der Waals surface area (Å²) in [6, 6.07) is 7.46. The molecule has 1 N–H and O–H groups in total. The fourth-order valence-corrected chi connectivity index (χ4v) is 2.85. The summed E-state index contributed by atoms with van der Waals surface area (Å²) in [6.45, 7) is 0.492. The maximum atomic E-state index is 12.2. The molecule has 1 amide bonds. The van der Waals surface area contributed by atoms with E-state index >= 15 is 0 Å². The number of nitrogens with one attached hydrogen (secondary N) is 1. The Bertz CT molecular complexity index is 858. The van der Waals surface area contributed by atoms with Gasteiger partial charge in [-0.15, -0.1) is 0 Å². The van der Waals surface area contributed by atoms with Crippen molar-refractivity contribution in [3.8, 4) is 17.1 Å². The summed E-state index contributed by atoms with van der Waals surface area (Å²) in [5, 5.41) is 10.6. The molecule has 3 heterocycles. The van der Waals surface area contributed by atoms with Gasteiger partial charge in [-0.05, 0) is 12.1 Å². The number of H-pyrrole nitrogens is 1. The van der Waals surface area contributed by atoms with Gasteiger partial charge in [0.1, 0.15) is 5.75 Å². The van der Waals surface area contributed by atoms with E-state index in [1.165, 1.54) is 0 Å². The Balaban J connectivity index is 1.59. The second-order valence-corrected chi connectivity index (χ2v) is 5.52. The lowest BCUT2D eigenvalue weighted by Crippen LogP contribution is -2.23. The van der Waals surface area contributed by atoms with Crippen molar-refractivity contribution in [2.75, 3.05) is 18.6 Å². The first-order valence-electron chi connectivity index (χ1n) is 7.52. The summed E-state index contributed by atoms with van der Waals surface area (Å²) >= 11 is 0. The third-order valence-corrected chi connectivity index (χ3v) is 4.06. The van der Waals surface area contributed by atoms with Gasteiger partial charge in [0, 0.05) is 19.2 Å². The second-order valence-electron chi connectivity index (χ2n) is 5.52. The van der Waals surface area contributed by atoms with Crippen molar-refractivity contribution in [2.24, 2.45) is 0 Å². The molecule has 8 nitrogen and oxygen atoms in total. The number of aromatic amines is 1. The van der Waals surface area contributed by atoms with E-state index in [4.69, 9.17) is 9.26 Å². The SMILES string of the molecule is COc1ccccc1-c1noc([C@H]2CC(=O)N(c3cn[nH]c3)C2)n1. The number of carbonyl (C=O) groups is 1. The van der Waals surface area contributed by atoms with E-state index in [-0.39, 0.29) is 11.8 Å². The summed E-state index contributed by atoms with van der Waals surface area (Å²) in [4.78, 5) is 18.3. The van der Waals surface area contributed by atoms with Crippen LogP contribution in [0.5, 0.6) is 5.75 Å². The number of methoxy groups -OCH3 is 1. The van der Waals surface area contributed by atoms with Gasteiger partial charge in [0.15, 0.2) is 0 Å². The first-order chi connectivity index (χ1) is 11.8. The molecule has 122 valence electrons. The highest BCUT2D eigenvalue weighted by Crippen LogP contribution is 2.33. The number of amides is 1. The molecule has 8 heteroatoms. The maximum absolute atomic E-state index is 12.2. The monoisotopic (exact) mass is 325 g/mol. The lowest BCUT2D eigenvalue weighted by atomic mass is 10.1. The van der Waals surface area contributed by atoms with E-state index in [1.807, 2.05) is 24.3 Å². The normalized spacial score (nSPS) is 17.5. The van der Waals surface area contributed by atoms with Gasteiger partial charge in [-0.1, -0.05) is 17.3 Å². The molecule has 1 saturated heterocycles. The average molecular weight is 325 g/mol. The Kier molecular flexibility index (Phi) is 3.49. The van der Waals surface area contributed by atoms with Crippen molar-refractivity contribution in [1.29, 1.82) is 0 Å². The molecule has 0 radical (unpaired) electrons. The van der Waals surface area contributed by atoms with E-state index in [0.717, 1.165) is 11.3 Å². The minimum absolute atomic E-state index is 0.0124. The smallest absolute Gasteiger partial charge is 0.232 e. The molecule has 3 aromatic rings. The molecule has 1 fully saturated rings. The molecule has 2 aromatic heterocycles. The van der Waals surface area contributed by atoms with Crippen LogP contribution in [0.3, 0.4) is 0 Å². The average Bonchev–Trinajstić information content (AvgIpc) is 3.34. The van der Waals surface area contributed by atoms with Gasteiger partial charge in [0.25, 0.3) is 0 Å². The number of anilines is 1. The lowest BCUT2D eigenvalue weighted by Gasteiger charge is -2.12. The predicted molar refractivity (Wildman–Crippen MR) is 84.6 cm³/mol. The van der Waals surface area contributed by atoms with Crippen LogP contribution in [-0.2, 0) is 4.79 Å². The standard InChI is InChI=1S/C16H15N5O3/c1-23-13-5-3-2-4-12(13)15-19-16(24-20-15)10-6-14(22)21(9-10)11-7-17-18-8-11/h2-5,7-8,10H,6,9H2,1H3,(H,17,18)/t10-/m0/s1. The van der Waals surface area contributed by atoms with E-state index in [0.29, 0.717) is 30.4 Å². The Morgan fingerprint density at radius 3 is 3.04 bits per heavy atom. The van der Waals surface area contributed by atoms with E-state index in [1.54, 1.807) is 24.4 Å². The minimum atomic E-state index is -0.136. The van der Waals surface area contributed by atoms with E-state index in [9.17, 15) is 4.79 Å². The zero-order valence-electron chi connectivity index (χ0n) is 13.0. The van der Waals surface area contributed by atoms with Crippen molar-refractivity contribution in [1.82, 2.24) is 20.3 Å². The Morgan fingerprint density at radius 1 is 1.38 bits per heavy atom. The predicted octanol–water partition coefficient (Wildman–Crippen LogP) is 1.99. The first-order valence-corrected chi connectivity index (χ1v) is 7.52. The third-order valence-electron chi connectivity index (χ3n) is 4.06. The maximum Gasteiger partial charge on any atom is 0.232 e. The van der Waals surface area contributed by atoms with Gasteiger partial charge in [-0.25, -0.2) is 0 Å². The molecule has 1 aliphatic rings. The summed E-state index contributed by atoms with van der Waals surface area (Å²) in [6.07, 6.45) is 3.64. The Hall–Kier alpha value is -3.16. The summed E-state index contributed by atoms with van der Waals surface area (Å²) in [5.74, 6) is 1.46. The minimum Gasteiger partial charge on any atom is -0.496 e. The number of benzene rings is 1. The fourth-order valence-electron chi connectivity index (χ4n) is 2.85. The molecule has 0 saturated carbocycles. The number of nitrogens with zero attached hydrogens (tertiary/aromatic N) is 4. The first kappa shape index (κ1) is 14.4. The van der Waals surface area contributed by atoms with Gasteiger partial charge < -0.3 is 14.2 Å². The van der Waals surface area contributed by atoms with Crippen LogP contribution in [-0.4, -0.2) is 39.9 Å². The van der Waals surface area contributed by atoms with Crippen LogP contribution in [0.1, 0.15) is 18.2 Å². The molecule has 0 aliphatic carbocycles. The largest absolute Gasteiger partial charge is 0.496 e. The highest BCUT2D eigenvalue weighted by Gasteiger charge is 2.35. The molecule has 1 aromatic carbocycles. The van der Waals surface area contributed by atoms with Crippen LogP contribution >= 0.6 is 0 Å². The highest BCUT2D eigenvalue weighted by molar-refractivity contribution is 5.96. The summed E-state index contributed by atoms with van der Waals surface area (Å²) < 4.78 is 10.7. The third kappa shape index (κ3) is 2.41. The topological polar surface area (TPSA) is 97.1 Å². The zero-order valence-corrected chi connectivity index (χ0v) is 13.0. The van der Waals surface area contributed by atoms with Crippen LogP contribution in [0.15, 0.2) is 41.2 Å². The van der Waals surface area contributed by atoms with Crippen molar-refractivity contribution >= 4 is 11.6 Å². The van der Waals surface area contributed by atoms with Gasteiger partial charge in [-0.3, -0.25) is 9.89 Å². The molecule has 0 bridgehead atoms. The second kappa shape index (κ2) is 5.80. The molecular formula is C16H15N5O3. The van der Waals surface area contributed by atoms with Gasteiger partial charge in [0.05, 0.1) is 30.5 Å². The number of hydrogen-bond donors (Lipinski definition) is 1. The Labute approximate surface area is 137 Å². The van der Waals surface area contributed by atoms with E-state index < -0.39 is 0 Å². The number of para-hydroxylation sites is 1. The lowest BCUT2D eigenvalue weighted by molar-refractivity contribution is -0.117. The van der Waals surface area contributed by atoms with Gasteiger partial charge in [-0.2, -0.15) is 10.1 Å². The zero-order chi connectivity index (χ0) is 16.5. The molecule has 24 heavy (non-hydrogen) atoms. The van der Waals surface area contributed by atoms with Crippen LogP contribution in [0.4, 0.5) is 5.69 Å². The molecule has 1 aliphatic heterocycles. The van der Waals surface area contributed by atoms with Crippen molar-refractivity contribution in [3.05, 3.63) is 42.5 Å². The van der Waals surface area contributed by atoms with Crippen LogP contribution < -0.4 is 9.64 Å². The number of rotatable bonds is 4. The van der Waals surface area contributed by atoms with Crippen LogP contribution in [0.25, 0.3) is 11.4 Å². The number of hydrogen-bond acceptors (Lipinski definition) is 6. The van der Waals surface area contributed by atoms with Crippen molar-refractivity contribution in [2.45, 2.75) is 12.3 Å². The van der Waals surface area contributed by atoms with Gasteiger partial charge in [0.2, 0.25) is 17.6 Å². The molecule has 4 rings (SSSR count). The highest BCUT2D eigenvalue weighted by atomic mass is 16.5. The summed E-state index contributed by atoms with van der Waals surface area (Å²) in [7, 11) is 1.60. The van der Waals surface area contributed by atoms with Crippen LogP contribution in [0, 0.1) is 0 Å². The number of ether oxygens (including phenoxy) is 1. The molecular weight excluding hydrogens is 310 g/mol. The number of aromatic nitrogens is 4. The van der Waals surface area contributed by atoms with Crippen LogP contribution in [0.2, 0.25) is 0 Å². The van der Waals surface area contributed by atoms with Crippen molar-refractivity contribution < 1.29 is 14.1 Å². The quantitative estimate of drug-likeness (QED) is 0.788. The van der Waals surface area contributed by atoms with Crippen molar-refractivity contribution in [3.63, 3.8) is 0 Å². The molecule has 0 unspecified atom stereocenters. The summed E-state index contributed by atoms with van der Waals surface area (Å²) in [5.41, 5.74) is 1.50. The number of carbonyl (C=O) groups excluding carboxylic acids is 1. The van der Waals surface area contributed by atoms with E-state index in [2.05, 4.69) is 20.3 Å².